The highest BCUT2D eigenvalue weighted by molar-refractivity contribution is 6.07. The minimum atomic E-state index is -5.03. The average Bonchev–Trinajstić information content (AvgIpc) is 2.84. The Morgan fingerprint density at radius 1 is 1.03 bits per heavy atom. The fraction of sp³-hybridized carbons (Fsp3) is 0.269. The number of amides is 2. The van der Waals surface area contributed by atoms with Crippen molar-refractivity contribution in [2.75, 3.05) is 5.32 Å². The number of nitrogens with two attached hydrogens (primary N) is 1. The van der Waals surface area contributed by atoms with Gasteiger partial charge in [-0.2, -0.15) is 13.2 Å². The molecule has 4 rings (SSSR count). The van der Waals surface area contributed by atoms with Crippen molar-refractivity contribution in [2.45, 2.75) is 44.2 Å². The van der Waals surface area contributed by atoms with Crippen molar-refractivity contribution in [3.63, 3.8) is 0 Å². The van der Waals surface area contributed by atoms with Crippen molar-refractivity contribution in [3.05, 3.63) is 82.9 Å². The van der Waals surface area contributed by atoms with Crippen LogP contribution in [0, 0.1) is 5.82 Å². The first-order valence-electron chi connectivity index (χ1n) is 11.4. The topological polar surface area (TPSA) is 94.3 Å². The summed E-state index contributed by atoms with van der Waals surface area (Å²) in [5, 5.41) is 2.29. The van der Waals surface area contributed by atoms with Gasteiger partial charge in [-0.3, -0.25) is 14.6 Å². The third-order valence-electron chi connectivity index (χ3n) is 6.07. The van der Waals surface area contributed by atoms with E-state index in [9.17, 15) is 22.8 Å². The number of rotatable bonds is 6. The molecule has 36 heavy (non-hydrogen) atoms. The Labute approximate surface area is 204 Å². The van der Waals surface area contributed by atoms with E-state index < -0.39 is 34.9 Å². The molecular weight excluding hydrogens is 478 g/mol. The number of nitrogens with one attached hydrogen (secondary N) is 1. The fourth-order valence-corrected chi connectivity index (χ4v) is 4.31. The van der Waals surface area contributed by atoms with Crippen LogP contribution in [0.5, 0.6) is 11.5 Å². The molecule has 0 saturated heterocycles. The minimum absolute atomic E-state index is 0.00847. The molecule has 0 atom stereocenters. The Balaban J connectivity index is 1.69. The molecule has 0 bridgehead atoms. The second-order valence-corrected chi connectivity index (χ2v) is 8.56. The molecule has 1 aliphatic carbocycles. The molecule has 1 heterocycles. The van der Waals surface area contributed by atoms with Gasteiger partial charge in [0.2, 0.25) is 0 Å². The number of halogens is 4. The smallest absolute Gasteiger partial charge is 0.419 e. The molecule has 2 amide bonds. The number of pyridine rings is 1. The molecule has 188 valence electrons. The van der Waals surface area contributed by atoms with Crippen molar-refractivity contribution in [1.82, 2.24) is 4.98 Å². The van der Waals surface area contributed by atoms with Crippen LogP contribution in [0.25, 0.3) is 0 Å². The number of hydrogen-bond acceptors (Lipinski definition) is 4. The third-order valence-corrected chi connectivity index (χ3v) is 6.07. The first kappa shape index (κ1) is 25.2. The second kappa shape index (κ2) is 10.3. The van der Waals surface area contributed by atoms with Crippen molar-refractivity contribution < 1.29 is 31.9 Å². The predicted octanol–water partition coefficient (Wildman–Crippen LogP) is 6.43. The van der Waals surface area contributed by atoms with Gasteiger partial charge in [-0.25, -0.2) is 4.39 Å². The number of anilines is 1. The Morgan fingerprint density at radius 2 is 1.78 bits per heavy atom. The van der Waals surface area contributed by atoms with Crippen LogP contribution in [0.1, 0.15) is 70.0 Å². The maximum absolute atomic E-state index is 15.1. The maximum Gasteiger partial charge on any atom is 0.419 e. The van der Waals surface area contributed by atoms with E-state index in [4.69, 9.17) is 10.5 Å². The number of alkyl halides is 3. The summed E-state index contributed by atoms with van der Waals surface area (Å²) in [6, 6.07) is 10.9. The summed E-state index contributed by atoms with van der Waals surface area (Å²) >= 11 is 0. The van der Waals surface area contributed by atoms with Crippen LogP contribution in [0.4, 0.5) is 23.2 Å². The lowest BCUT2D eigenvalue weighted by Gasteiger charge is -2.22. The number of ether oxygens (including phenoxy) is 1. The van der Waals surface area contributed by atoms with Gasteiger partial charge >= 0.3 is 6.18 Å². The van der Waals surface area contributed by atoms with Crippen molar-refractivity contribution in [1.29, 1.82) is 0 Å². The Kier molecular flexibility index (Phi) is 7.23. The van der Waals surface area contributed by atoms with Gasteiger partial charge in [-0.15, -0.1) is 0 Å². The Bertz CT molecular complexity index is 1290. The highest BCUT2D eigenvalue weighted by Gasteiger charge is 2.37. The molecule has 1 aliphatic rings. The van der Waals surface area contributed by atoms with Crippen molar-refractivity contribution in [2.24, 2.45) is 5.73 Å². The van der Waals surface area contributed by atoms with Crippen molar-refractivity contribution >= 4 is 17.5 Å². The highest BCUT2D eigenvalue weighted by atomic mass is 19.4. The molecule has 0 radical (unpaired) electrons. The van der Waals surface area contributed by atoms with Gasteiger partial charge in [0.05, 0.1) is 5.56 Å². The molecule has 2 aromatic carbocycles. The molecule has 0 unspecified atom stereocenters. The third kappa shape index (κ3) is 5.64. The largest absolute Gasteiger partial charge is 0.456 e. The number of carbonyl (C=O) groups excluding carboxylic acids is 2. The van der Waals surface area contributed by atoms with Crippen LogP contribution < -0.4 is 15.8 Å². The quantitative estimate of drug-likeness (QED) is 0.381. The summed E-state index contributed by atoms with van der Waals surface area (Å²) in [5.41, 5.74) is 3.46. The maximum atomic E-state index is 15.1. The number of carbonyl (C=O) groups is 2. The molecule has 1 saturated carbocycles. The van der Waals surface area contributed by atoms with E-state index in [1.54, 1.807) is 18.2 Å². The minimum Gasteiger partial charge on any atom is -0.456 e. The second-order valence-electron chi connectivity index (χ2n) is 8.56. The fourth-order valence-electron chi connectivity index (χ4n) is 4.31. The lowest BCUT2D eigenvalue weighted by Crippen LogP contribution is -2.19. The lowest BCUT2D eigenvalue weighted by molar-refractivity contribution is -0.140. The number of nitrogens with zero attached hydrogens (tertiary/aromatic N) is 1. The zero-order valence-electron chi connectivity index (χ0n) is 19.1. The van der Waals surface area contributed by atoms with E-state index in [-0.39, 0.29) is 22.9 Å². The van der Waals surface area contributed by atoms with E-state index in [0.29, 0.717) is 12.0 Å². The first-order chi connectivity index (χ1) is 17.1. The van der Waals surface area contributed by atoms with E-state index in [2.05, 4.69) is 10.3 Å². The van der Waals surface area contributed by atoms with Gasteiger partial charge in [-0.05, 0) is 60.7 Å². The first-order valence-corrected chi connectivity index (χ1v) is 11.4. The van der Waals surface area contributed by atoms with Gasteiger partial charge in [0, 0.05) is 11.9 Å². The molecule has 3 N–H and O–H groups in total. The van der Waals surface area contributed by atoms with Crippen LogP contribution in [0.15, 0.2) is 54.7 Å². The molecule has 0 spiro atoms. The van der Waals surface area contributed by atoms with Gasteiger partial charge in [-0.1, -0.05) is 31.4 Å². The van der Waals surface area contributed by atoms with E-state index in [1.165, 1.54) is 18.7 Å². The number of benzene rings is 2. The SMILES string of the molecule is NC(=O)c1cc(NC(=O)c2c(Oc3cccc(C4CCCCC4)c3)ccc(C(F)(F)F)c2F)ccn1. The summed E-state index contributed by atoms with van der Waals surface area (Å²) in [4.78, 5) is 28.1. The number of primary amides is 1. The lowest BCUT2D eigenvalue weighted by atomic mass is 9.84. The Hall–Kier alpha value is -3.95. The van der Waals surface area contributed by atoms with Gasteiger partial charge in [0.15, 0.2) is 5.82 Å². The molecule has 3 aromatic rings. The van der Waals surface area contributed by atoms with Gasteiger partial charge in [0.25, 0.3) is 11.8 Å². The molecule has 0 aliphatic heterocycles. The van der Waals surface area contributed by atoms with Crippen molar-refractivity contribution in [3.8, 4) is 11.5 Å². The monoisotopic (exact) mass is 501 g/mol. The van der Waals surface area contributed by atoms with E-state index >= 15 is 4.39 Å². The van der Waals surface area contributed by atoms with E-state index in [0.717, 1.165) is 43.4 Å². The molecule has 6 nitrogen and oxygen atoms in total. The van der Waals surface area contributed by atoms with Crippen LogP contribution in [0.3, 0.4) is 0 Å². The van der Waals surface area contributed by atoms with Crippen LogP contribution in [0.2, 0.25) is 0 Å². The zero-order valence-corrected chi connectivity index (χ0v) is 19.1. The number of hydrogen-bond donors (Lipinski definition) is 2. The average molecular weight is 501 g/mol. The summed E-state index contributed by atoms with van der Waals surface area (Å²) in [5.74, 6) is -3.63. The summed E-state index contributed by atoms with van der Waals surface area (Å²) < 4.78 is 61.1. The number of aromatic nitrogens is 1. The summed E-state index contributed by atoms with van der Waals surface area (Å²) in [7, 11) is 0. The predicted molar refractivity (Wildman–Crippen MR) is 124 cm³/mol. The van der Waals surface area contributed by atoms with E-state index in [1.807, 2.05) is 6.07 Å². The van der Waals surface area contributed by atoms with Gasteiger partial charge < -0.3 is 15.8 Å². The highest BCUT2D eigenvalue weighted by Crippen LogP contribution is 2.39. The molecule has 10 heteroatoms. The zero-order chi connectivity index (χ0) is 25.9. The van der Waals surface area contributed by atoms with Gasteiger partial charge in [0.1, 0.15) is 22.8 Å². The van der Waals surface area contributed by atoms with Crippen LogP contribution in [-0.4, -0.2) is 16.8 Å². The summed E-state index contributed by atoms with van der Waals surface area (Å²) in [6.45, 7) is 0. The van der Waals surface area contributed by atoms with Crippen LogP contribution >= 0.6 is 0 Å². The standard InChI is InChI=1S/C26H23F4N3O3/c27-23-19(26(28,29)30)9-10-21(22(23)25(35)33-17-11-12-32-20(14-17)24(31)34)36-18-8-4-7-16(13-18)15-5-2-1-3-6-15/h4,7-15H,1-3,5-6H2,(H2,31,34)(H,32,33,35). The molecule has 1 fully saturated rings. The normalized spacial score (nSPS) is 14.3. The summed E-state index contributed by atoms with van der Waals surface area (Å²) in [6.07, 6.45) is 1.57. The van der Waals surface area contributed by atoms with Crippen LogP contribution in [-0.2, 0) is 6.18 Å². The Morgan fingerprint density at radius 3 is 2.47 bits per heavy atom. The molecule has 1 aromatic heterocycles. The molecular formula is C26H23F4N3O3.